The zero-order chi connectivity index (χ0) is 54.9. The van der Waals surface area contributed by atoms with E-state index in [0.717, 1.165) is 65.9 Å². The van der Waals surface area contributed by atoms with Gasteiger partial charge in [0.15, 0.2) is 0 Å². The molecule has 0 spiro atoms. The maximum atomic E-state index is 14.2. The number of carbonyl (C=O) groups is 2. The molecule has 0 saturated heterocycles. The van der Waals surface area contributed by atoms with E-state index in [0.29, 0.717) is 73.6 Å². The van der Waals surface area contributed by atoms with Crippen molar-refractivity contribution in [3.05, 3.63) is 202 Å². The Labute approximate surface area is 467 Å². The van der Waals surface area contributed by atoms with Crippen LogP contribution >= 0.6 is 22.7 Å². The Morgan fingerprint density at radius 2 is 0.911 bits per heavy atom. The molecule has 14 nitrogen and oxygen atoms in total. The lowest BCUT2D eigenvalue weighted by Crippen LogP contribution is -2.35. The van der Waals surface area contributed by atoms with Crippen LogP contribution in [0.2, 0.25) is 0 Å². The Bertz CT molecular complexity index is 3360. The first-order chi connectivity index (χ1) is 38.5. The van der Waals surface area contributed by atoms with Crippen LogP contribution in [0.15, 0.2) is 165 Å². The minimum Gasteiger partial charge on any atom is -0.487 e. The lowest BCUT2D eigenvalue weighted by molar-refractivity contribution is -0.174. The summed E-state index contributed by atoms with van der Waals surface area (Å²) < 4.78 is 40.8. The van der Waals surface area contributed by atoms with Crippen LogP contribution in [0.3, 0.4) is 0 Å². The summed E-state index contributed by atoms with van der Waals surface area (Å²) in [5.41, 5.74) is 6.10. The number of rotatable bonds is 24. The third-order valence-electron chi connectivity index (χ3n) is 14.3. The summed E-state index contributed by atoms with van der Waals surface area (Å²) in [5.74, 6) is 2.58. The van der Waals surface area contributed by atoms with Crippen molar-refractivity contribution in [3.8, 4) is 55.5 Å². The quantitative estimate of drug-likeness (QED) is 0.0417. The Balaban J connectivity index is 0.805. The first-order valence-corrected chi connectivity index (χ1v) is 28.4. The molecule has 0 aliphatic rings. The Morgan fingerprint density at radius 3 is 1.27 bits per heavy atom. The highest BCUT2D eigenvalue weighted by atomic mass is 32.1. The van der Waals surface area contributed by atoms with Gasteiger partial charge < -0.3 is 27.8 Å². The van der Waals surface area contributed by atoms with Crippen LogP contribution in [0.4, 0.5) is 0 Å². The predicted octanol–water partition coefficient (Wildman–Crippen LogP) is 14.9. The van der Waals surface area contributed by atoms with Gasteiger partial charge in [-0.25, -0.2) is 9.97 Å². The summed E-state index contributed by atoms with van der Waals surface area (Å²) >= 11 is 3.12. The van der Waals surface area contributed by atoms with E-state index in [4.69, 9.17) is 38.0 Å². The largest absolute Gasteiger partial charge is 0.487 e. The van der Waals surface area contributed by atoms with Crippen molar-refractivity contribution in [1.29, 1.82) is 0 Å². The molecule has 404 valence electrons. The molecule has 0 bridgehead atoms. The molecule has 0 N–H and O–H groups in total. The summed E-state index contributed by atoms with van der Waals surface area (Å²) in [6, 6.07) is 43.3. The molecule has 6 heterocycles. The van der Waals surface area contributed by atoms with E-state index in [2.05, 4.69) is 9.97 Å². The standard InChI is InChI=1S/C63H62N6O8S2/c1-7-62(8-2,50-38-68(66-58(50)54-23-17-33-78-54)36-44-25-29-48(30-26-44)72-40-52-42(5)74-60(64-52)46-19-13-11-14-20-46)76-56(70)35-57(71)77-63(9-3,10-4)51-39-69(67-59(51)55-24-18-34-79-55)37-45-27-31-49(32-28-45)73-41-53-43(6)75-61(65-53)47-21-15-12-16-22-47/h11-34,38-39H,7-10,35-37,40-41H2,1-6H3. The van der Waals surface area contributed by atoms with Gasteiger partial charge in [0.25, 0.3) is 0 Å². The lowest BCUT2D eigenvalue weighted by atomic mass is 9.87. The average molecular weight is 1100 g/mol. The van der Waals surface area contributed by atoms with E-state index < -0.39 is 29.6 Å². The van der Waals surface area contributed by atoms with E-state index >= 15 is 0 Å². The molecule has 0 atom stereocenters. The van der Waals surface area contributed by atoms with Gasteiger partial charge in [0.1, 0.15) is 76.6 Å². The number of hydrogen-bond acceptors (Lipinski definition) is 14. The fourth-order valence-electron chi connectivity index (χ4n) is 9.74. The highest BCUT2D eigenvalue weighted by molar-refractivity contribution is 7.13. The highest BCUT2D eigenvalue weighted by Crippen LogP contribution is 2.43. The van der Waals surface area contributed by atoms with Crippen LogP contribution in [0.1, 0.15) is 105 Å². The van der Waals surface area contributed by atoms with Crippen LogP contribution in [0.25, 0.3) is 44.1 Å². The van der Waals surface area contributed by atoms with Crippen molar-refractivity contribution in [1.82, 2.24) is 29.5 Å². The van der Waals surface area contributed by atoms with Gasteiger partial charge in [-0.3, -0.25) is 19.0 Å². The van der Waals surface area contributed by atoms with Crippen LogP contribution in [-0.4, -0.2) is 41.5 Å². The summed E-state index contributed by atoms with van der Waals surface area (Å²) in [6.07, 6.45) is 5.14. The molecular weight excluding hydrogens is 1030 g/mol. The van der Waals surface area contributed by atoms with Gasteiger partial charge >= 0.3 is 11.9 Å². The summed E-state index contributed by atoms with van der Waals surface area (Å²) in [4.78, 5) is 39.6. The molecule has 4 aromatic carbocycles. The van der Waals surface area contributed by atoms with Crippen LogP contribution < -0.4 is 9.47 Å². The minimum atomic E-state index is -1.08. The molecule has 6 aromatic heterocycles. The molecule has 0 fully saturated rings. The zero-order valence-corrected chi connectivity index (χ0v) is 46.8. The van der Waals surface area contributed by atoms with Gasteiger partial charge in [-0.2, -0.15) is 10.2 Å². The smallest absolute Gasteiger partial charge is 0.318 e. The van der Waals surface area contributed by atoms with E-state index in [1.54, 1.807) is 22.7 Å². The molecule has 10 aromatic rings. The number of aromatic nitrogens is 6. The molecule has 16 heteroatoms. The van der Waals surface area contributed by atoms with Crippen molar-refractivity contribution in [2.75, 3.05) is 0 Å². The molecular formula is C63H62N6O8S2. The van der Waals surface area contributed by atoms with Crippen LogP contribution in [-0.2, 0) is 56.6 Å². The summed E-state index contributed by atoms with van der Waals surface area (Å²) in [6.45, 7) is 13.2. The number of oxazole rings is 2. The number of aryl methyl sites for hydroxylation is 2. The number of ether oxygens (including phenoxy) is 4. The molecule has 0 radical (unpaired) electrons. The second kappa shape index (κ2) is 24.1. The maximum Gasteiger partial charge on any atom is 0.318 e. The zero-order valence-electron chi connectivity index (χ0n) is 45.1. The monoisotopic (exact) mass is 1090 g/mol. The summed E-state index contributed by atoms with van der Waals surface area (Å²) in [5, 5.41) is 14.2. The fraction of sp³-hybridized carbons (Fsp3) is 0.270. The molecule has 10 rings (SSSR count). The molecule has 0 aliphatic heterocycles. The number of thiophene rings is 2. The SMILES string of the molecule is CCC(CC)(OC(=O)CC(=O)OC(CC)(CC)c1cn(Cc2ccc(OCc3nc(-c4ccccc4)oc3C)cc2)nc1-c1cccs1)c1cn(Cc2ccc(OCc3nc(-c4ccccc4)oc3C)cc2)nc1-c1cccs1. The van der Waals surface area contributed by atoms with Crippen LogP contribution in [0, 0.1) is 13.8 Å². The summed E-state index contributed by atoms with van der Waals surface area (Å²) in [7, 11) is 0. The number of carbonyl (C=O) groups excluding carboxylic acids is 2. The molecule has 0 aliphatic carbocycles. The number of hydrogen-bond donors (Lipinski definition) is 0. The van der Waals surface area contributed by atoms with E-state index in [-0.39, 0.29) is 13.2 Å². The van der Waals surface area contributed by atoms with Gasteiger partial charge in [0, 0.05) is 34.6 Å². The maximum absolute atomic E-state index is 14.2. The van der Waals surface area contributed by atoms with Crippen molar-refractivity contribution in [2.45, 2.75) is 111 Å². The number of esters is 2. The van der Waals surface area contributed by atoms with Crippen LogP contribution in [0.5, 0.6) is 11.5 Å². The predicted molar refractivity (Wildman–Crippen MR) is 306 cm³/mol. The molecule has 0 amide bonds. The lowest BCUT2D eigenvalue weighted by Gasteiger charge is -2.33. The van der Waals surface area contributed by atoms with Gasteiger partial charge in [0.05, 0.1) is 22.8 Å². The Kier molecular flexibility index (Phi) is 16.5. The van der Waals surface area contributed by atoms with Crippen molar-refractivity contribution in [2.24, 2.45) is 0 Å². The third-order valence-corrected chi connectivity index (χ3v) is 16.1. The van der Waals surface area contributed by atoms with Crippen molar-refractivity contribution in [3.63, 3.8) is 0 Å². The van der Waals surface area contributed by atoms with Gasteiger partial charge in [-0.15, -0.1) is 22.7 Å². The van der Waals surface area contributed by atoms with Crippen molar-refractivity contribution >= 4 is 34.6 Å². The van der Waals surface area contributed by atoms with Gasteiger partial charge in [0.2, 0.25) is 11.8 Å². The number of nitrogens with zero attached hydrogens (tertiary/aromatic N) is 6. The van der Waals surface area contributed by atoms with E-state index in [1.165, 1.54) is 0 Å². The van der Waals surface area contributed by atoms with Crippen molar-refractivity contribution < 1.29 is 37.4 Å². The third kappa shape index (κ3) is 12.2. The normalized spacial score (nSPS) is 11.7. The molecule has 0 saturated carbocycles. The minimum absolute atomic E-state index is 0.264. The fourth-order valence-corrected chi connectivity index (χ4v) is 11.2. The Morgan fingerprint density at radius 1 is 0.519 bits per heavy atom. The van der Waals surface area contributed by atoms with E-state index in [9.17, 15) is 9.59 Å². The molecule has 79 heavy (non-hydrogen) atoms. The van der Waals surface area contributed by atoms with Gasteiger partial charge in [-0.1, -0.05) is 100 Å². The molecule has 0 unspecified atom stereocenters. The first-order valence-electron chi connectivity index (χ1n) is 26.6. The number of benzene rings is 4. The highest BCUT2D eigenvalue weighted by Gasteiger charge is 2.41. The first kappa shape index (κ1) is 54.0. The second-order valence-electron chi connectivity index (χ2n) is 19.3. The Hall–Kier alpha value is -8.34. The average Bonchev–Trinajstić information content (AvgIpc) is 4.47. The van der Waals surface area contributed by atoms with Gasteiger partial charge in [-0.05, 0) is 122 Å². The second-order valence-corrected chi connectivity index (χ2v) is 21.2. The van der Waals surface area contributed by atoms with E-state index in [1.807, 2.05) is 208 Å². The topological polar surface area (TPSA) is 159 Å².